The Hall–Kier alpha value is 0.140. The standard InChI is InChI=1S/C6H9BrO2/c1-5(7)6(2)8-3-4-9-6/h1,3-4H2,2H3. The SMILES string of the molecule is C=C(Br)C1(C)OCCO1. The second-order valence-corrected chi connectivity index (χ2v) is 3.00. The van der Waals surface area contributed by atoms with E-state index in [1.54, 1.807) is 0 Å². The summed E-state index contributed by atoms with van der Waals surface area (Å²) in [5.41, 5.74) is 0. The maximum absolute atomic E-state index is 5.23. The van der Waals surface area contributed by atoms with Crippen molar-refractivity contribution in [1.82, 2.24) is 0 Å². The quantitative estimate of drug-likeness (QED) is 0.630. The summed E-state index contributed by atoms with van der Waals surface area (Å²) >= 11 is 3.21. The van der Waals surface area contributed by atoms with Crippen LogP contribution in [0.2, 0.25) is 0 Å². The Morgan fingerprint density at radius 2 is 2.00 bits per heavy atom. The molecule has 1 fully saturated rings. The van der Waals surface area contributed by atoms with E-state index in [4.69, 9.17) is 9.47 Å². The fourth-order valence-electron chi connectivity index (χ4n) is 0.671. The van der Waals surface area contributed by atoms with Gasteiger partial charge in [-0.25, -0.2) is 0 Å². The monoisotopic (exact) mass is 192 g/mol. The van der Waals surface area contributed by atoms with Crippen LogP contribution in [0.25, 0.3) is 0 Å². The lowest BCUT2D eigenvalue weighted by molar-refractivity contribution is -0.102. The molecule has 0 N–H and O–H groups in total. The highest BCUT2D eigenvalue weighted by molar-refractivity contribution is 9.11. The van der Waals surface area contributed by atoms with Gasteiger partial charge in [0.05, 0.1) is 13.2 Å². The average molecular weight is 193 g/mol. The molecule has 0 radical (unpaired) electrons. The highest BCUT2D eigenvalue weighted by atomic mass is 79.9. The van der Waals surface area contributed by atoms with Gasteiger partial charge < -0.3 is 9.47 Å². The van der Waals surface area contributed by atoms with Gasteiger partial charge in [-0.3, -0.25) is 0 Å². The summed E-state index contributed by atoms with van der Waals surface area (Å²) in [6.07, 6.45) is 0. The molecule has 1 rings (SSSR count). The molecule has 0 spiro atoms. The lowest BCUT2D eigenvalue weighted by Gasteiger charge is -2.20. The van der Waals surface area contributed by atoms with E-state index < -0.39 is 5.79 Å². The second-order valence-electron chi connectivity index (χ2n) is 2.05. The van der Waals surface area contributed by atoms with E-state index in [0.717, 1.165) is 4.48 Å². The lowest BCUT2D eigenvalue weighted by atomic mass is 10.3. The van der Waals surface area contributed by atoms with E-state index >= 15 is 0 Å². The van der Waals surface area contributed by atoms with Crippen LogP contribution in [0, 0.1) is 0 Å². The fraction of sp³-hybridized carbons (Fsp3) is 0.667. The molecule has 0 aromatic rings. The maximum atomic E-state index is 5.23. The molecule has 1 aliphatic heterocycles. The molecule has 9 heavy (non-hydrogen) atoms. The van der Waals surface area contributed by atoms with Gasteiger partial charge in [-0.15, -0.1) is 0 Å². The van der Waals surface area contributed by atoms with Crippen molar-refractivity contribution in [3.05, 3.63) is 11.1 Å². The second kappa shape index (κ2) is 2.40. The Labute approximate surface area is 63.0 Å². The first kappa shape index (κ1) is 7.25. The van der Waals surface area contributed by atoms with Crippen molar-refractivity contribution in [1.29, 1.82) is 0 Å². The molecule has 2 nitrogen and oxygen atoms in total. The van der Waals surface area contributed by atoms with Crippen LogP contribution in [0.15, 0.2) is 11.1 Å². The minimum Gasteiger partial charge on any atom is -0.343 e. The van der Waals surface area contributed by atoms with Gasteiger partial charge in [0.15, 0.2) is 5.79 Å². The largest absolute Gasteiger partial charge is 0.343 e. The van der Waals surface area contributed by atoms with Gasteiger partial charge in [0, 0.05) is 4.48 Å². The molecule has 0 aromatic carbocycles. The molecule has 52 valence electrons. The summed E-state index contributed by atoms with van der Waals surface area (Å²) in [4.78, 5) is 0. The summed E-state index contributed by atoms with van der Waals surface area (Å²) in [5, 5.41) is 0. The Morgan fingerprint density at radius 3 is 2.22 bits per heavy atom. The van der Waals surface area contributed by atoms with Crippen LogP contribution in [0.3, 0.4) is 0 Å². The van der Waals surface area contributed by atoms with Crippen molar-refractivity contribution in [2.45, 2.75) is 12.7 Å². The molecule has 0 bridgehead atoms. The molecule has 3 heteroatoms. The molecule has 1 saturated heterocycles. The van der Waals surface area contributed by atoms with Gasteiger partial charge >= 0.3 is 0 Å². The van der Waals surface area contributed by atoms with Crippen molar-refractivity contribution < 1.29 is 9.47 Å². The Kier molecular flexibility index (Phi) is 1.94. The molecule has 0 aliphatic carbocycles. The molecule has 0 aromatic heterocycles. The van der Waals surface area contributed by atoms with E-state index in [9.17, 15) is 0 Å². The van der Waals surface area contributed by atoms with E-state index in [0.29, 0.717) is 13.2 Å². The molecule has 1 heterocycles. The molecule has 0 atom stereocenters. The molecule has 0 saturated carbocycles. The normalized spacial score (nSPS) is 24.2. The minimum absolute atomic E-state index is 0.583. The number of hydrogen-bond donors (Lipinski definition) is 0. The number of hydrogen-bond acceptors (Lipinski definition) is 2. The predicted molar refractivity (Wildman–Crippen MR) is 38.4 cm³/mol. The third kappa shape index (κ3) is 1.34. The average Bonchev–Trinajstić information content (AvgIpc) is 2.16. The fourth-order valence-corrected chi connectivity index (χ4v) is 0.900. The van der Waals surface area contributed by atoms with Gasteiger partial charge in [0.25, 0.3) is 0 Å². The van der Waals surface area contributed by atoms with Gasteiger partial charge in [0.1, 0.15) is 0 Å². The summed E-state index contributed by atoms with van der Waals surface area (Å²) in [5.74, 6) is -0.583. The van der Waals surface area contributed by atoms with Crippen molar-refractivity contribution >= 4 is 15.9 Å². The van der Waals surface area contributed by atoms with Crippen LogP contribution in [0.1, 0.15) is 6.92 Å². The van der Waals surface area contributed by atoms with Crippen LogP contribution < -0.4 is 0 Å². The van der Waals surface area contributed by atoms with E-state index in [1.807, 2.05) is 6.92 Å². The van der Waals surface area contributed by atoms with Crippen LogP contribution in [-0.4, -0.2) is 19.0 Å². The summed E-state index contributed by atoms with van der Waals surface area (Å²) < 4.78 is 11.2. The first-order valence-corrected chi connectivity index (χ1v) is 3.57. The molecule has 0 unspecified atom stereocenters. The van der Waals surface area contributed by atoms with E-state index in [-0.39, 0.29) is 0 Å². The third-order valence-corrected chi connectivity index (χ3v) is 2.05. The van der Waals surface area contributed by atoms with Gasteiger partial charge in [-0.1, -0.05) is 22.5 Å². The summed E-state index contributed by atoms with van der Waals surface area (Å²) in [7, 11) is 0. The molecular weight excluding hydrogens is 184 g/mol. The zero-order valence-electron chi connectivity index (χ0n) is 5.32. The van der Waals surface area contributed by atoms with E-state index in [1.165, 1.54) is 0 Å². The first-order valence-electron chi connectivity index (χ1n) is 2.78. The molecular formula is C6H9BrO2. The first-order chi connectivity index (χ1) is 4.15. The van der Waals surface area contributed by atoms with Crippen LogP contribution >= 0.6 is 15.9 Å². The van der Waals surface area contributed by atoms with Crippen LogP contribution in [-0.2, 0) is 9.47 Å². The summed E-state index contributed by atoms with van der Waals surface area (Å²) in [6.45, 7) is 6.83. The molecule has 0 amide bonds. The number of rotatable bonds is 1. The molecule has 1 aliphatic rings. The smallest absolute Gasteiger partial charge is 0.198 e. The third-order valence-electron chi connectivity index (χ3n) is 1.33. The van der Waals surface area contributed by atoms with Gasteiger partial charge in [-0.2, -0.15) is 0 Å². The lowest BCUT2D eigenvalue weighted by Crippen LogP contribution is -2.24. The zero-order chi connectivity index (χ0) is 6.91. The van der Waals surface area contributed by atoms with Crippen molar-refractivity contribution in [2.24, 2.45) is 0 Å². The van der Waals surface area contributed by atoms with Crippen LogP contribution in [0.5, 0.6) is 0 Å². The Morgan fingerprint density at radius 1 is 1.56 bits per heavy atom. The van der Waals surface area contributed by atoms with Crippen molar-refractivity contribution in [2.75, 3.05) is 13.2 Å². The summed E-state index contributed by atoms with van der Waals surface area (Å²) in [6, 6.07) is 0. The van der Waals surface area contributed by atoms with E-state index in [2.05, 4.69) is 22.5 Å². The predicted octanol–water partition coefficient (Wildman–Crippen LogP) is 1.66. The minimum atomic E-state index is -0.583. The highest BCUT2D eigenvalue weighted by Gasteiger charge is 2.32. The van der Waals surface area contributed by atoms with Crippen LogP contribution in [0.4, 0.5) is 0 Å². The number of halogens is 1. The van der Waals surface area contributed by atoms with Crippen molar-refractivity contribution in [3.8, 4) is 0 Å². The van der Waals surface area contributed by atoms with Crippen molar-refractivity contribution in [3.63, 3.8) is 0 Å². The van der Waals surface area contributed by atoms with Gasteiger partial charge in [-0.05, 0) is 6.92 Å². The Bertz CT molecular complexity index is 127. The highest BCUT2D eigenvalue weighted by Crippen LogP contribution is 2.29. The Balaban J connectivity index is 2.61. The number of ether oxygens (including phenoxy) is 2. The maximum Gasteiger partial charge on any atom is 0.198 e. The van der Waals surface area contributed by atoms with Gasteiger partial charge in [0.2, 0.25) is 0 Å². The zero-order valence-corrected chi connectivity index (χ0v) is 6.90. The topological polar surface area (TPSA) is 18.5 Å².